The van der Waals surface area contributed by atoms with Gasteiger partial charge in [0.1, 0.15) is 5.82 Å². The molecule has 0 bridgehead atoms. The van der Waals surface area contributed by atoms with Gasteiger partial charge in [-0.15, -0.1) is 0 Å². The van der Waals surface area contributed by atoms with E-state index >= 15 is 0 Å². The summed E-state index contributed by atoms with van der Waals surface area (Å²) in [7, 11) is 0. The van der Waals surface area contributed by atoms with Crippen molar-refractivity contribution in [3.05, 3.63) is 95.8 Å². The summed E-state index contributed by atoms with van der Waals surface area (Å²) < 4.78 is 2.32. The van der Waals surface area contributed by atoms with Gasteiger partial charge in [0.05, 0.1) is 17.1 Å². The predicted molar refractivity (Wildman–Crippen MR) is 121 cm³/mol. The highest BCUT2D eigenvalue weighted by atomic mass is 16.2. The summed E-state index contributed by atoms with van der Waals surface area (Å²) in [5.74, 6) is 1.23. The van der Waals surface area contributed by atoms with Crippen molar-refractivity contribution in [2.45, 2.75) is 32.2 Å². The number of para-hydroxylation sites is 3. The Morgan fingerprint density at radius 3 is 2.43 bits per heavy atom. The molecule has 0 radical (unpaired) electrons. The standard InChI is InChI=1S/C26H25N3O/c1-18-10-6-8-14-23(18)28-17-21(16-25(28)30)26-27-22-13-7-9-15-24(22)29(26)19(2)20-11-4-3-5-12-20/h3-15,19,21H,16-17H2,1-2H3/t19-,21+/m1/s1. The van der Waals surface area contributed by atoms with Gasteiger partial charge in [-0.3, -0.25) is 4.79 Å². The number of aryl methyl sites for hydroxylation is 1. The lowest BCUT2D eigenvalue weighted by Crippen LogP contribution is -2.25. The van der Waals surface area contributed by atoms with Crippen LogP contribution in [0.3, 0.4) is 0 Å². The molecule has 1 fully saturated rings. The first-order valence-corrected chi connectivity index (χ1v) is 10.5. The van der Waals surface area contributed by atoms with Crippen molar-refractivity contribution in [1.29, 1.82) is 0 Å². The van der Waals surface area contributed by atoms with Gasteiger partial charge in [-0.05, 0) is 43.2 Å². The summed E-state index contributed by atoms with van der Waals surface area (Å²) >= 11 is 0. The summed E-state index contributed by atoms with van der Waals surface area (Å²) in [6, 6.07) is 27.0. The highest BCUT2D eigenvalue weighted by molar-refractivity contribution is 5.97. The van der Waals surface area contributed by atoms with Gasteiger partial charge in [-0.25, -0.2) is 4.98 Å². The average Bonchev–Trinajstić information content (AvgIpc) is 3.35. The summed E-state index contributed by atoms with van der Waals surface area (Å²) in [6.07, 6.45) is 0.485. The van der Waals surface area contributed by atoms with Gasteiger partial charge < -0.3 is 9.47 Å². The van der Waals surface area contributed by atoms with E-state index < -0.39 is 0 Å². The zero-order valence-corrected chi connectivity index (χ0v) is 17.3. The highest BCUT2D eigenvalue weighted by Gasteiger charge is 2.36. The monoisotopic (exact) mass is 395 g/mol. The molecule has 5 rings (SSSR count). The SMILES string of the molecule is Cc1ccccc1N1C[C@@H](c2nc3ccccc3n2[C@H](C)c2ccccc2)CC1=O. The zero-order chi connectivity index (χ0) is 20.7. The number of carbonyl (C=O) groups excluding carboxylic acids is 1. The summed E-state index contributed by atoms with van der Waals surface area (Å²) in [6.45, 7) is 4.93. The number of benzene rings is 3. The molecule has 1 saturated heterocycles. The lowest BCUT2D eigenvalue weighted by atomic mass is 10.0. The molecule has 4 nitrogen and oxygen atoms in total. The molecule has 0 spiro atoms. The molecule has 30 heavy (non-hydrogen) atoms. The van der Waals surface area contributed by atoms with E-state index in [0.29, 0.717) is 13.0 Å². The molecule has 1 aliphatic heterocycles. The van der Waals surface area contributed by atoms with E-state index in [4.69, 9.17) is 4.98 Å². The topological polar surface area (TPSA) is 38.1 Å². The van der Waals surface area contributed by atoms with Crippen LogP contribution in [0.15, 0.2) is 78.9 Å². The predicted octanol–water partition coefficient (Wildman–Crippen LogP) is 5.47. The fourth-order valence-corrected chi connectivity index (χ4v) is 4.62. The van der Waals surface area contributed by atoms with E-state index in [9.17, 15) is 4.79 Å². The minimum atomic E-state index is 0.0654. The fraction of sp³-hybridized carbons (Fsp3) is 0.231. The number of carbonyl (C=O) groups is 1. The molecule has 0 unspecified atom stereocenters. The van der Waals surface area contributed by atoms with E-state index in [1.807, 2.05) is 35.2 Å². The third-order valence-electron chi connectivity index (χ3n) is 6.19. The molecule has 4 heteroatoms. The maximum absolute atomic E-state index is 13.0. The molecule has 0 aliphatic carbocycles. The van der Waals surface area contributed by atoms with Crippen LogP contribution in [-0.2, 0) is 4.79 Å². The van der Waals surface area contributed by atoms with Gasteiger partial charge in [0, 0.05) is 24.6 Å². The average molecular weight is 396 g/mol. The van der Waals surface area contributed by atoms with Crippen LogP contribution in [0.4, 0.5) is 5.69 Å². The molecule has 1 aromatic heterocycles. The van der Waals surface area contributed by atoms with Crippen LogP contribution in [0.1, 0.15) is 42.3 Å². The first-order valence-electron chi connectivity index (χ1n) is 10.5. The quantitative estimate of drug-likeness (QED) is 0.459. The second kappa shape index (κ2) is 7.45. The molecule has 0 N–H and O–H groups in total. The molecule has 1 amide bonds. The minimum Gasteiger partial charge on any atom is -0.320 e. The van der Waals surface area contributed by atoms with E-state index in [1.54, 1.807) is 0 Å². The molecule has 0 saturated carbocycles. The molecular weight excluding hydrogens is 370 g/mol. The number of anilines is 1. The number of fused-ring (bicyclic) bond motifs is 1. The third kappa shape index (κ3) is 3.09. The Labute approximate surface area is 176 Å². The second-order valence-corrected chi connectivity index (χ2v) is 8.11. The molecule has 1 aliphatic rings. The Kier molecular flexibility index (Phi) is 4.62. The molecule has 150 valence electrons. The molecule has 3 aromatic carbocycles. The Bertz CT molecular complexity index is 1210. The van der Waals surface area contributed by atoms with Crippen molar-refractivity contribution in [1.82, 2.24) is 9.55 Å². The van der Waals surface area contributed by atoms with E-state index in [2.05, 4.69) is 66.9 Å². The van der Waals surface area contributed by atoms with Gasteiger partial charge in [0.15, 0.2) is 0 Å². The summed E-state index contributed by atoms with van der Waals surface area (Å²) in [5, 5.41) is 0. The van der Waals surface area contributed by atoms with Crippen LogP contribution in [0.2, 0.25) is 0 Å². The van der Waals surface area contributed by atoms with Crippen molar-refractivity contribution < 1.29 is 4.79 Å². The molecular formula is C26H25N3O. The second-order valence-electron chi connectivity index (χ2n) is 8.11. The third-order valence-corrected chi connectivity index (χ3v) is 6.19. The fourth-order valence-electron chi connectivity index (χ4n) is 4.62. The number of aromatic nitrogens is 2. The molecule has 2 heterocycles. The smallest absolute Gasteiger partial charge is 0.227 e. The van der Waals surface area contributed by atoms with Gasteiger partial charge in [0.25, 0.3) is 0 Å². The summed E-state index contributed by atoms with van der Waals surface area (Å²) in [4.78, 5) is 19.9. The number of nitrogens with zero attached hydrogens (tertiary/aromatic N) is 3. The summed E-state index contributed by atoms with van der Waals surface area (Å²) in [5.41, 5.74) is 5.46. The Morgan fingerprint density at radius 2 is 1.63 bits per heavy atom. The van der Waals surface area contributed by atoms with Gasteiger partial charge >= 0.3 is 0 Å². The Balaban J connectivity index is 1.58. The number of hydrogen-bond acceptors (Lipinski definition) is 2. The Morgan fingerprint density at radius 1 is 0.933 bits per heavy atom. The van der Waals surface area contributed by atoms with E-state index in [1.165, 1.54) is 5.56 Å². The van der Waals surface area contributed by atoms with Crippen molar-refractivity contribution >= 4 is 22.6 Å². The van der Waals surface area contributed by atoms with Crippen molar-refractivity contribution in [3.8, 4) is 0 Å². The minimum absolute atomic E-state index is 0.0654. The van der Waals surface area contributed by atoms with Crippen LogP contribution in [0, 0.1) is 6.92 Å². The van der Waals surface area contributed by atoms with Crippen LogP contribution < -0.4 is 4.90 Å². The van der Waals surface area contributed by atoms with Crippen LogP contribution >= 0.6 is 0 Å². The lowest BCUT2D eigenvalue weighted by molar-refractivity contribution is -0.117. The van der Waals surface area contributed by atoms with Crippen molar-refractivity contribution in [2.24, 2.45) is 0 Å². The van der Waals surface area contributed by atoms with Crippen molar-refractivity contribution in [2.75, 3.05) is 11.4 Å². The largest absolute Gasteiger partial charge is 0.320 e. The normalized spacial score (nSPS) is 17.6. The maximum atomic E-state index is 13.0. The van der Waals surface area contributed by atoms with E-state index in [-0.39, 0.29) is 17.9 Å². The molecule has 2 atom stereocenters. The lowest BCUT2D eigenvalue weighted by Gasteiger charge is -2.22. The van der Waals surface area contributed by atoms with Crippen LogP contribution in [0.5, 0.6) is 0 Å². The number of imidazole rings is 1. The highest BCUT2D eigenvalue weighted by Crippen LogP contribution is 2.36. The van der Waals surface area contributed by atoms with Crippen LogP contribution in [0.25, 0.3) is 11.0 Å². The number of hydrogen-bond donors (Lipinski definition) is 0. The van der Waals surface area contributed by atoms with Gasteiger partial charge in [-0.1, -0.05) is 60.7 Å². The van der Waals surface area contributed by atoms with Gasteiger partial charge in [-0.2, -0.15) is 0 Å². The zero-order valence-electron chi connectivity index (χ0n) is 17.3. The van der Waals surface area contributed by atoms with Crippen LogP contribution in [-0.4, -0.2) is 22.0 Å². The van der Waals surface area contributed by atoms with Crippen molar-refractivity contribution in [3.63, 3.8) is 0 Å². The maximum Gasteiger partial charge on any atom is 0.227 e. The first kappa shape index (κ1) is 18.6. The van der Waals surface area contributed by atoms with Gasteiger partial charge in [0.2, 0.25) is 5.91 Å². The van der Waals surface area contributed by atoms with E-state index in [0.717, 1.165) is 28.1 Å². The molecule has 4 aromatic rings. The first-order chi connectivity index (χ1) is 14.6. The number of rotatable bonds is 4. The number of amides is 1. The Hall–Kier alpha value is -3.40.